The number of hydrogen-bond acceptors (Lipinski definition) is 2. The van der Waals surface area contributed by atoms with Gasteiger partial charge in [-0.1, -0.05) is 0 Å². The van der Waals surface area contributed by atoms with Crippen molar-refractivity contribution in [3.05, 3.63) is 0 Å². The van der Waals surface area contributed by atoms with E-state index < -0.39 is 0 Å². The lowest BCUT2D eigenvalue weighted by Gasteiger charge is -2.54. The zero-order chi connectivity index (χ0) is 7.90. The monoisotopic (exact) mass is 171 g/mol. The Morgan fingerprint density at radius 1 is 1.27 bits per heavy atom. The predicted octanol–water partition coefficient (Wildman–Crippen LogP) is 1.93. The number of hydrogen-bond donors (Lipinski definition) is 1. The highest BCUT2D eigenvalue weighted by Gasteiger charge is 2.43. The van der Waals surface area contributed by atoms with Crippen LogP contribution < -0.4 is 0 Å². The Morgan fingerprint density at radius 3 is 2.27 bits per heavy atom. The van der Waals surface area contributed by atoms with Crippen molar-refractivity contribution < 1.29 is 0 Å². The molecule has 2 fully saturated rings. The summed E-state index contributed by atoms with van der Waals surface area (Å²) in [5.74, 6) is 0. The summed E-state index contributed by atoms with van der Waals surface area (Å²) >= 11 is 4.51. The summed E-state index contributed by atoms with van der Waals surface area (Å²) in [7, 11) is 2.27. The van der Waals surface area contributed by atoms with Crippen molar-refractivity contribution in [2.24, 2.45) is 0 Å². The van der Waals surface area contributed by atoms with Crippen LogP contribution in [0.3, 0.4) is 0 Å². The summed E-state index contributed by atoms with van der Waals surface area (Å²) in [6, 6.07) is 0. The molecule has 1 nitrogen and oxygen atoms in total. The Kier molecular flexibility index (Phi) is 1.92. The molecule has 1 spiro atoms. The first-order chi connectivity index (χ1) is 5.23. The van der Waals surface area contributed by atoms with Crippen LogP contribution in [0.4, 0.5) is 0 Å². The Labute approximate surface area is 74.6 Å². The van der Waals surface area contributed by atoms with Gasteiger partial charge in [0.05, 0.1) is 0 Å². The van der Waals surface area contributed by atoms with Gasteiger partial charge in [-0.15, -0.1) is 0 Å². The van der Waals surface area contributed by atoms with Gasteiger partial charge >= 0.3 is 0 Å². The summed E-state index contributed by atoms with van der Waals surface area (Å²) in [6.45, 7) is 1.32. The molecular formula is C9H17NS. The van der Waals surface area contributed by atoms with Gasteiger partial charge in [0.25, 0.3) is 0 Å². The fourth-order valence-electron chi connectivity index (χ4n) is 2.42. The van der Waals surface area contributed by atoms with Crippen molar-refractivity contribution in [1.82, 2.24) is 4.90 Å². The van der Waals surface area contributed by atoms with E-state index in [4.69, 9.17) is 0 Å². The van der Waals surface area contributed by atoms with Crippen molar-refractivity contribution >= 4 is 12.6 Å². The van der Waals surface area contributed by atoms with Crippen molar-refractivity contribution in [3.63, 3.8) is 0 Å². The summed E-state index contributed by atoms with van der Waals surface area (Å²) in [5.41, 5.74) is 0.624. The fraction of sp³-hybridized carbons (Fsp3) is 1.00. The molecule has 0 aromatic heterocycles. The van der Waals surface area contributed by atoms with Crippen LogP contribution >= 0.6 is 12.6 Å². The number of likely N-dealkylation sites (tertiary alicyclic amines) is 1. The quantitative estimate of drug-likeness (QED) is 0.545. The van der Waals surface area contributed by atoms with Crippen LogP contribution in [-0.2, 0) is 0 Å². The zero-order valence-corrected chi connectivity index (χ0v) is 8.11. The molecule has 1 heterocycles. The normalized spacial score (nSPS) is 45.8. The number of thiol groups is 1. The Bertz CT molecular complexity index is 150. The summed E-state index contributed by atoms with van der Waals surface area (Å²) in [5, 5.41) is 0.689. The first kappa shape index (κ1) is 7.93. The van der Waals surface area contributed by atoms with E-state index in [1.165, 1.54) is 38.6 Å². The maximum absolute atomic E-state index is 4.51. The van der Waals surface area contributed by atoms with Crippen molar-refractivity contribution in [3.8, 4) is 0 Å². The largest absolute Gasteiger partial charge is 0.301 e. The van der Waals surface area contributed by atoms with Crippen LogP contribution in [0.5, 0.6) is 0 Å². The third-order valence-corrected chi connectivity index (χ3v) is 4.12. The zero-order valence-electron chi connectivity index (χ0n) is 7.21. The van der Waals surface area contributed by atoms with Crippen LogP contribution in [0, 0.1) is 0 Å². The van der Waals surface area contributed by atoms with E-state index in [2.05, 4.69) is 24.6 Å². The fourth-order valence-corrected chi connectivity index (χ4v) is 2.68. The van der Waals surface area contributed by atoms with E-state index in [0.717, 1.165) is 0 Å². The lowest BCUT2D eigenvalue weighted by molar-refractivity contribution is -0.0180. The molecule has 0 bridgehead atoms. The summed E-state index contributed by atoms with van der Waals surface area (Å²) < 4.78 is 0. The molecule has 0 N–H and O–H groups in total. The second kappa shape index (κ2) is 2.67. The molecule has 11 heavy (non-hydrogen) atoms. The van der Waals surface area contributed by atoms with Gasteiger partial charge in [0, 0.05) is 17.3 Å². The summed E-state index contributed by atoms with van der Waals surface area (Å²) in [4.78, 5) is 2.53. The highest BCUT2D eigenvalue weighted by molar-refractivity contribution is 7.80. The lowest BCUT2D eigenvalue weighted by Crippen LogP contribution is -2.59. The van der Waals surface area contributed by atoms with Crippen molar-refractivity contribution in [2.75, 3.05) is 13.6 Å². The lowest BCUT2D eigenvalue weighted by atomic mass is 9.73. The second-order valence-electron chi connectivity index (χ2n) is 4.13. The molecule has 2 aliphatic rings. The summed E-state index contributed by atoms with van der Waals surface area (Å²) in [6.07, 6.45) is 6.86. The smallest absolute Gasteiger partial charge is 0.0219 e. The topological polar surface area (TPSA) is 3.24 Å². The molecule has 1 aliphatic heterocycles. The first-order valence-corrected chi connectivity index (χ1v) is 5.14. The van der Waals surface area contributed by atoms with Crippen LogP contribution in [-0.4, -0.2) is 29.3 Å². The van der Waals surface area contributed by atoms with Crippen LogP contribution in [0.1, 0.15) is 32.1 Å². The average Bonchev–Trinajstić information content (AvgIpc) is 2.03. The van der Waals surface area contributed by atoms with Gasteiger partial charge in [0.1, 0.15) is 0 Å². The van der Waals surface area contributed by atoms with Gasteiger partial charge in [-0.2, -0.15) is 12.6 Å². The Balaban J connectivity index is 1.96. The minimum Gasteiger partial charge on any atom is -0.301 e. The Hall–Kier alpha value is 0.310. The maximum Gasteiger partial charge on any atom is 0.0219 e. The van der Waals surface area contributed by atoms with E-state index in [9.17, 15) is 0 Å². The first-order valence-electron chi connectivity index (χ1n) is 4.62. The highest BCUT2D eigenvalue weighted by Crippen LogP contribution is 2.42. The van der Waals surface area contributed by atoms with Crippen molar-refractivity contribution in [2.45, 2.75) is 42.9 Å². The number of rotatable bonds is 0. The van der Waals surface area contributed by atoms with Gasteiger partial charge in [-0.25, -0.2) is 0 Å². The van der Waals surface area contributed by atoms with E-state index >= 15 is 0 Å². The molecule has 2 rings (SSSR count). The predicted molar refractivity (Wildman–Crippen MR) is 51.2 cm³/mol. The molecule has 0 atom stereocenters. The molecule has 0 aromatic carbocycles. The van der Waals surface area contributed by atoms with Crippen LogP contribution in [0.15, 0.2) is 0 Å². The standard InChI is InChI=1S/C9H17NS/c1-10-7-6-9(10)4-2-8(11)3-5-9/h8,11H,2-7H2,1H3. The maximum atomic E-state index is 4.51. The minimum atomic E-state index is 0.624. The second-order valence-corrected chi connectivity index (χ2v) is 4.86. The molecule has 0 radical (unpaired) electrons. The molecule has 2 heteroatoms. The molecule has 0 amide bonds. The molecule has 0 unspecified atom stereocenters. The van der Waals surface area contributed by atoms with Crippen LogP contribution in [0.25, 0.3) is 0 Å². The SMILES string of the molecule is CN1CCC12CCC(S)CC2. The average molecular weight is 171 g/mol. The minimum absolute atomic E-state index is 0.624. The molecule has 1 aliphatic carbocycles. The van der Waals surface area contributed by atoms with Gasteiger partial charge < -0.3 is 4.90 Å². The van der Waals surface area contributed by atoms with E-state index in [1.54, 1.807) is 0 Å². The molecular weight excluding hydrogens is 154 g/mol. The molecule has 1 saturated carbocycles. The highest BCUT2D eigenvalue weighted by atomic mass is 32.1. The molecule has 0 aromatic rings. The van der Waals surface area contributed by atoms with Crippen LogP contribution in [0.2, 0.25) is 0 Å². The van der Waals surface area contributed by atoms with E-state index in [1.807, 2.05) is 0 Å². The van der Waals surface area contributed by atoms with Crippen molar-refractivity contribution in [1.29, 1.82) is 0 Å². The van der Waals surface area contributed by atoms with E-state index in [-0.39, 0.29) is 0 Å². The van der Waals surface area contributed by atoms with E-state index in [0.29, 0.717) is 10.8 Å². The molecule has 1 saturated heterocycles. The third kappa shape index (κ3) is 1.20. The van der Waals surface area contributed by atoms with Gasteiger partial charge in [-0.3, -0.25) is 0 Å². The van der Waals surface area contributed by atoms with Gasteiger partial charge in [-0.05, 0) is 39.2 Å². The third-order valence-electron chi connectivity index (χ3n) is 3.61. The Morgan fingerprint density at radius 2 is 1.91 bits per heavy atom. The van der Waals surface area contributed by atoms with Gasteiger partial charge in [0.2, 0.25) is 0 Å². The molecule has 64 valence electrons. The number of nitrogens with zero attached hydrogens (tertiary/aromatic N) is 1. The van der Waals surface area contributed by atoms with Gasteiger partial charge in [0.15, 0.2) is 0 Å².